The molecule has 2 rings (SSSR count). The molecule has 5 nitrogen and oxygen atoms in total. The van der Waals surface area contributed by atoms with E-state index in [-0.39, 0.29) is 0 Å². The van der Waals surface area contributed by atoms with E-state index in [4.69, 9.17) is 21.6 Å². The van der Waals surface area contributed by atoms with Gasteiger partial charge in [0, 0.05) is 17.2 Å². The van der Waals surface area contributed by atoms with Gasteiger partial charge in [0.25, 0.3) is 0 Å². The first-order chi connectivity index (χ1) is 9.24. The highest BCUT2D eigenvalue weighted by molar-refractivity contribution is 7.99. The number of ether oxygens (including phenoxy) is 1. The molecule has 0 spiro atoms. The van der Waals surface area contributed by atoms with E-state index in [0.717, 1.165) is 5.56 Å². The van der Waals surface area contributed by atoms with Crippen molar-refractivity contribution >= 4 is 23.4 Å². The van der Waals surface area contributed by atoms with Crippen molar-refractivity contribution in [3.05, 3.63) is 23.2 Å². The summed E-state index contributed by atoms with van der Waals surface area (Å²) in [6.45, 7) is 0. The van der Waals surface area contributed by atoms with Crippen molar-refractivity contribution in [2.45, 2.75) is 11.6 Å². The van der Waals surface area contributed by atoms with Crippen molar-refractivity contribution in [1.29, 1.82) is 5.26 Å². The minimum absolute atomic E-state index is 0.467. The number of nitriles is 1. The van der Waals surface area contributed by atoms with Gasteiger partial charge in [0.05, 0.1) is 18.7 Å². The Morgan fingerprint density at radius 3 is 3.11 bits per heavy atom. The molecule has 2 aromatic rings. The lowest BCUT2D eigenvalue weighted by Gasteiger charge is -2.05. The first-order valence-electron chi connectivity index (χ1n) is 5.50. The molecule has 98 valence electrons. The molecule has 1 aromatic heterocycles. The van der Waals surface area contributed by atoms with E-state index < -0.39 is 0 Å². The molecule has 0 radical (unpaired) electrons. The van der Waals surface area contributed by atoms with E-state index >= 15 is 0 Å². The third-order valence-corrected chi connectivity index (χ3v) is 3.41. The lowest BCUT2D eigenvalue weighted by molar-refractivity contribution is 0.416. The lowest BCUT2D eigenvalue weighted by atomic mass is 10.2. The number of hydrogen-bond donors (Lipinski definition) is 1. The molecule has 0 saturated heterocycles. The lowest BCUT2D eigenvalue weighted by Crippen LogP contribution is -1.89. The van der Waals surface area contributed by atoms with Crippen molar-refractivity contribution < 1.29 is 4.74 Å². The van der Waals surface area contributed by atoms with E-state index in [1.54, 1.807) is 25.3 Å². The predicted octanol–water partition coefficient (Wildman–Crippen LogP) is 3.14. The van der Waals surface area contributed by atoms with Gasteiger partial charge in [-0.3, -0.25) is 5.10 Å². The fraction of sp³-hybridized carbons (Fsp3) is 0.250. The molecule has 0 aliphatic heterocycles. The number of aromatic nitrogens is 3. The van der Waals surface area contributed by atoms with Crippen molar-refractivity contribution in [2.24, 2.45) is 0 Å². The van der Waals surface area contributed by atoms with Crippen LogP contribution in [-0.4, -0.2) is 28.0 Å². The molecule has 0 atom stereocenters. The molecule has 0 fully saturated rings. The fourth-order valence-electron chi connectivity index (χ4n) is 1.48. The second-order valence-electron chi connectivity index (χ2n) is 3.57. The Bertz CT molecular complexity index is 608. The van der Waals surface area contributed by atoms with Crippen LogP contribution in [0.3, 0.4) is 0 Å². The number of rotatable bonds is 5. The molecule has 0 saturated carbocycles. The van der Waals surface area contributed by atoms with Gasteiger partial charge in [0.1, 0.15) is 5.75 Å². The summed E-state index contributed by atoms with van der Waals surface area (Å²) in [5, 5.41) is 16.6. The Labute approximate surface area is 119 Å². The van der Waals surface area contributed by atoms with Gasteiger partial charge in [0.2, 0.25) is 5.16 Å². The maximum absolute atomic E-state index is 8.48. The number of aromatic amines is 1. The molecule has 1 heterocycles. The highest BCUT2D eigenvalue weighted by Gasteiger charge is 2.11. The number of H-pyrrole nitrogens is 1. The summed E-state index contributed by atoms with van der Waals surface area (Å²) >= 11 is 7.40. The van der Waals surface area contributed by atoms with Crippen LogP contribution < -0.4 is 4.74 Å². The van der Waals surface area contributed by atoms with E-state index in [1.807, 2.05) is 0 Å². The quantitative estimate of drug-likeness (QED) is 0.677. The number of methoxy groups -OCH3 is 1. The summed E-state index contributed by atoms with van der Waals surface area (Å²) in [7, 11) is 1.59. The van der Waals surface area contributed by atoms with Gasteiger partial charge in [-0.1, -0.05) is 23.4 Å². The van der Waals surface area contributed by atoms with Crippen molar-refractivity contribution in [1.82, 2.24) is 15.2 Å². The van der Waals surface area contributed by atoms with Crippen LogP contribution >= 0.6 is 23.4 Å². The summed E-state index contributed by atoms with van der Waals surface area (Å²) in [5.74, 6) is 1.94. The fourth-order valence-corrected chi connectivity index (χ4v) is 2.30. The predicted molar refractivity (Wildman–Crippen MR) is 74.3 cm³/mol. The number of nitrogens with zero attached hydrogens (tertiary/aromatic N) is 3. The molecular weight excluding hydrogens is 284 g/mol. The summed E-state index contributed by atoms with van der Waals surface area (Å²) in [5.41, 5.74) is 0.759. The Morgan fingerprint density at radius 1 is 1.53 bits per heavy atom. The highest BCUT2D eigenvalue weighted by Crippen LogP contribution is 2.31. The number of hydrogen-bond acceptors (Lipinski definition) is 5. The Balaban J connectivity index is 2.22. The summed E-state index contributed by atoms with van der Waals surface area (Å²) in [6.07, 6.45) is 0.467. The minimum Gasteiger partial charge on any atom is -0.496 e. The molecule has 0 unspecified atom stereocenters. The van der Waals surface area contributed by atoms with Crippen molar-refractivity contribution in [2.75, 3.05) is 12.9 Å². The molecule has 0 amide bonds. The van der Waals surface area contributed by atoms with E-state index in [0.29, 0.717) is 33.9 Å². The molecule has 0 aliphatic carbocycles. The molecule has 1 aromatic carbocycles. The normalized spacial score (nSPS) is 10.2. The zero-order chi connectivity index (χ0) is 13.7. The average molecular weight is 295 g/mol. The zero-order valence-electron chi connectivity index (χ0n) is 10.2. The Morgan fingerprint density at radius 2 is 2.37 bits per heavy atom. The van der Waals surface area contributed by atoms with Gasteiger partial charge in [-0.15, -0.1) is 5.10 Å². The van der Waals surface area contributed by atoms with E-state index in [9.17, 15) is 0 Å². The molecule has 0 aliphatic rings. The first kappa shape index (κ1) is 13.7. The number of thioether (sulfide) groups is 1. The standard InChI is InChI=1S/C12H11ClN4OS/c1-18-10-4-3-8(13)7-9(10)11-15-12(17-16-11)19-6-2-5-14/h3-4,7H,2,6H2,1H3,(H,15,16,17). The topological polar surface area (TPSA) is 74.6 Å². The summed E-state index contributed by atoms with van der Waals surface area (Å²) in [4.78, 5) is 4.35. The van der Waals surface area contributed by atoms with Gasteiger partial charge >= 0.3 is 0 Å². The van der Waals surface area contributed by atoms with Crippen LogP contribution in [0.2, 0.25) is 5.02 Å². The third kappa shape index (κ3) is 3.40. The van der Waals surface area contributed by atoms with Crippen LogP contribution in [0.5, 0.6) is 5.75 Å². The van der Waals surface area contributed by atoms with Gasteiger partial charge < -0.3 is 4.74 Å². The Kier molecular flexibility index (Phi) is 4.66. The molecule has 7 heteroatoms. The minimum atomic E-state index is 0.467. The second-order valence-corrected chi connectivity index (χ2v) is 5.07. The average Bonchev–Trinajstić information content (AvgIpc) is 2.88. The number of benzene rings is 1. The van der Waals surface area contributed by atoms with Gasteiger partial charge in [-0.05, 0) is 18.2 Å². The SMILES string of the molecule is COc1ccc(Cl)cc1-c1nc(SCCC#N)n[nH]1. The van der Waals surface area contributed by atoms with E-state index in [2.05, 4.69) is 21.3 Å². The van der Waals surface area contributed by atoms with Crippen LogP contribution in [0, 0.1) is 11.3 Å². The van der Waals surface area contributed by atoms with Gasteiger partial charge in [0.15, 0.2) is 5.82 Å². The van der Waals surface area contributed by atoms with E-state index in [1.165, 1.54) is 11.8 Å². The molecule has 19 heavy (non-hydrogen) atoms. The highest BCUT2D eigenvalue weighted by atomic mass is 35.5. The number of nitrogens with one attached hydrogen (secondary N) is 1. The number of halogens is 1. The van der Waals surface area contributed by atoms with Crippen LogP contribution in [-0.2, 0) is 0 Å². The van der Waals surface area contributed by atoms with Crippen LogP contribution in [0.25, 0.3) is 11.4 Å². The summed E-state index contributed by atoms with van der Waals surface area (Å²) in [6, 6.07) is 7.38. The van der Waals surface area contributed by atoms with Crippen molar-refractivity contribution in [3.8, 4) is 23.2 Å². The largest absolute Gasteiger partial charge is 0.496 e. The first-order valence-corrected chi connectivity index (χ1v) is 6.87. The van der Waals surface area contributed by atoms with Crippen molar-refractivity contribution in [3.63, 3.8) is 0 Å². The monoisotopic (exact) mass is 294 g/mol. The third-order valence-electron chi connectivity index (χ3n) is 2.33. The smallest absolute Gasteiger partial charge is 0.208 e. The van der Waals surface area contributed by atoms with Crippen LogP contribution in [0.15, 0.2) is 23.4 Å². The Hall–Kier alpha value is -1.71. The summed E-state index contributed by atoms with van der Waals surface area (Å²) < 4.78 is 5.27. The maximum atomic E-state index is 8.48. The second kappa shape index (κ2) is 6.45. The van der Waals surface area contributed by atoms with Gasteiger partial charge in [-0.25, -0.2) is 4.98 Å². The zero-order valence-corrected chi connectivity index (χ0v) is 11.8. The molecular formula is C12H11ClN4OS. The van der Waals surface area contributed by atoms with Crippen LogP contribution in [0.1, 0.15) is 6.42 Å². The maximum Gasteiger partial charge on any atom is 0.208 e. The molecule has 0 bridgehead atoms. The molecule has 1 N–H and O–H groups in total. The van der Waals surface area contributed by atoms with Crippen LogP contribution in [0.4, 0.5) is 0 Å². The van der Waals surface area contributed by atoms with Gasteiger partial charge in [-0.2, -0.15) is 5.26 Å².